The van der Waals surface area contributed by atoms with Crippen LogP contribution in [0.15, 0.2) is 12.4 Å². The van der Waals surface area contributed by atoms with Crippen LogP contribution in [0.5, 0.6) is 0 Å². The van der Waals surface area contributed by atoms with Crippen molar-refractivity contribution in [1.82, 2.24) is 15.1 Å². The normalized spacial score (nSPS) is 17.1. The summed E-state index contributed by atoms with van der Waals surface area (Å²) in [5.74, 6) is -0.0974. The second-order valence-corrected chi connectivity index (χ2v) is 4.30. The Labute approximate surface area is 101 Å². The number of carbonyl (C=O) groups excluding carboxylic acids is 1. The van der Waals surface area contributed by atoms with Gasteiger partial charge in [-0.15, -0.1) is 12.4 Å². The molecule has 5 nitrogen and oxygen atoms in total. The maximum Gasteiger partial charge on any atom is 0.254 e. The van der Waals surface area contributed by atoms with Crippen molar-refractivity contribution in [2.45, 2.75) is 24.8 Å². The van der Waals surface area contributed by atoms with Gasteiger partial charge in [-0.2, -0.15) is 5.10 Å². The van der Waals surface area contributed by atoms with E-state index in [4.69, 9.17) is 5.73 Å². The Morgan fingerprint density at radius 3 is 2.81 bits per heavy atom. The van der Waals surface area contributed by atoms with Crippen LogP contribution in [0.3, 0.4) is 0 Å². The van der Waals surface area contributed by atoms with Crippen LogP contribution in [0.4, 0.5) is 0 Å². The molecule has 1 aliphatic rings. The number of nitrogens with zero attached hydrogens (tertiary/aromatic N) is 2. The maximum atomic E-state index is 11.6. The second kappa shape index (κ2) is 4.84. The summed E-state index contributed by atoms with van der Waals surface area (Å²) in [6.45, 7) is 0.556. The van der Waals surface area contributed by atoms with E-state index in [9.17, 15) is 4.79 Å². The molecule has 0 unspecified atom stereocenters. The van der Waals surface area contributed by atoms with Crippen molar-refractivity contribution < 1.29 is 4.79 Å². The van der Waals surface area contributed by atoms with Crippen LogP contribution in [-0.4, -0.2) is 27.8 Å². The third kappa shape index (κ3) is 2.74. The summed E-state index contributed by atoms with van der Waals surface area (Å²) in [6, 6.07) is 0. The summed E-state index contributed by atoms with van der Waals surface area (Å²) < 4.78 is 1.61. The summed E-state index contributed by atoms with van der Waals surface area (Å²) in [4.78, 5) is 11.6. The topological polar surface area (TPSA) is 72.9 Å². The first-order chi connectivity index (χ1) is 7.09. The minimum absolute atomic E-state index is 0. The summed E-state index contributed by atoms with van der Waals surface area (Å²) in [6.07, 6.45) is 6.42. The summed E-state index contributed by atoms with van der Waals surface area (Å²) in [5.41, 5.74) is 6.41. The van der Waals surface area contributed by atoms with Crippen molar-refractivity contribution in [1.29, 1.82) is 0 Å². The SMILES string of the molecule is Cl.Cn1cc(C(=O)NCC2(N)CCC2)cn1. The molecule has 1 aromatic heterocycles. The molecular formula is C10H17ClN4O. The van der Waals surface area contributed by atoms with Gasteiger partial charge in [0.25, 0.3) is 5.91 Å². The van der Waals surface area contributed by atoms with Gasteiger partial charge in [0, 0.05) is 25.3 Å². The number of aromatic nitrogens is 2. The van der Waals surface area contributed by atoms with Crippen LogP contribution < -0.4 is 11.1 Å². The first-order valence-corrected chi connectivity index (χ1v) is 5.15. The zero-order valence-corrected chi connectivity index (χ0v) is 10.1. The first-order valence-electron chi connectivity index (χ1n) is 5.15. The lowest BCUT2D eigenvalue weighted by Gasteiger charge is -2.38. The highest BCUT2D eigenvalue weighted by molar-refractivity contribution is 5.93. The Balaban J connectivity index is 0.00000128. The van der Waals surface area contributed by atoms with E-state index in [1.807, 2.05) is 0 Å². The molecular weight excluding hydrogens is 228 g/mol. The quantitative estimate of drug-likeness (QED) is 0.811. The third-order valence-electron chi connectivity index (χ3n) is 2.92. The molecule has 1 aromatic rings. The van der Waals surface area contributed by atoms with Crippen molar-refractivity contribution in [2.75, 3.05) is 6.54 Å². The molecule has 0 radical (unpaired) electrons. The molecule has 1 fully saturated rings. The van der Waals surface area contributed by atoms with E-state index in [2.05, 4.69) is 10.4 Å². The van der Waals surface area contributed by atoms with E-state index < -0.39 is 0 Å². The molecule has 1 heterocycles. The van der Waals surface area contributed by atoms with E-state index in [0.717, 1.165) is 12.8 Å². The van der Waals surface area contributed by atoms with E-state index in [0.29, 0.717) is 12.1 Å². The van der Waals surface area contributed by atoms with E-state index in [1.165, 1.54) is 6.42 Å². The highest BCUT2D eigenvalue weighted by Gasteiger charge is 2.32. The summed E-state index contributed by atoms with van der Waals surface area (Å²) >= 11 is 0. The Morgan fingerprint density at radius 1 is 1.69 bits per heavy atom. The zero-order chi connectivity index (χ0) is 10.9. The first kappa shape index (κ1) is 13.0. The molecule has 0 bridgehead atoms. The highest BCUT2D eigenvalue weighted by Crippen LogP contribution is 2.28. The maximum absolute atomic E-state index is 11.6. The smallest absolute Gasteiger partial charge is 0.254 e. The van der Waals surface area contributed by atoms with Gasteiger partial charge >= 0.3 is 0 Å². The number of carbonyl (C=O) groups is 1. The molecule has 0 saturated heterocycles. The number of rotatable bonds is 3. The van der Waals surface area contributed by atoms with Gasteiger partial charge in [0.05, 0.1) is 11.8 Å². The van der Waals surface area contributed by atoms with Gasteiger partial charge in [-0.25, -0.2) is 0 Å². The van der Waals surface area contributed by atoms with Crippen molar-refractivity contribution in [3.63, 3.8) is 0 Å². The van der Waals surface area contributed by atoms with E-state index >= 15 is 0 Å². The molecule has 0 atom stereocenters. The Hall–Kier alpha value is -1.07. The van der Waals surface area contributed by atoms with Crippen LogP contribution >= 0.6 is 12.4 Å². The largest absolute Gasteiger partial charge is 0.350 e. The van der Waals surface area contributed by atoms with Gasteiger partial charge in [0.1, 0.15) is 0 Å². The number of nitrogens with one attached hydrogen (secondary N) is 1. The lowest BCUT2D eigenvalue weighted by molar-refractivity contribution is 0.0929. The Morgan fingerprint density at radius 2 is 2.38 bits per heavy atom. The van der Waals surface area contributed by atoms with Gasteiger partial charge < -0.3 is 11.1 Å². The number of nitrogens with two attached hydrogens (primary N) is 1. The number of aryl methyl sites for hydroxylation is 1. The molecule has 1 amide bonds. The molecule has 0 aromatic carbocycles. The Kier molecular flexibility index (Phi) is 3.93. The molecule has 6 heteroatoms. The van der Waals surface area contributed by atoms with Crippen molar-refractivity contribution >= 4 is 18.3 Å². The molecule has 1 aliphatic carbocycles. The number of amides is 1. The lowest BCUT2D eigenvalue weighted by atomic mass is 9.78. The molecule has 16 heavy (non-hydrogen) atoms. The fourth-order valence-electron chi connectivity index (χ4n) is 1.70. The van der Waals surface area contributed by atoms with Gasteiger partial charge in [0.15, 0.2) is 0 Å². The van der Waals surface area contributed by atoms with E-state index in [-0.39, 0.29) is 23.9 Å². The standard InChI is InChI=1S/C10H16N4O.ClH/c1-14-6-8(5-13-14)9(15)12-7-10(11)3-2-4-10;/h5-6H,2-4,7,11H2,1H3,(H,12,15);1H. The van der Waals surface area contributed by atoms with Crippen LogP contribution in [-0.2, 0) is 7.05 Å². The average Bonchev–Trinajstić information content (AvgIpc) is 2.58. The Bertz CT molecular complexity index is 373. The predicted molar refractivity (Wildman–Crippen MR) is 63.6 cm³/mol. The molecule has 90 valence electrons. The predicted octanol–water partition coefficient (Wildman–Crippen LogP) is 0.453. The van der Waals surface area contributed by atoms with Gasteiger partial charge in [-0.3, -0.25) is 9.48 Å². The minimum Gasteiger partial charge on any atom is -0.350 e. The van der Waals surface area contributed by atoms with Crippen LogP contribution in [0.25, 0.3) is 0 Å². The molecule has 0 spiro atoms. The van der Waals surface area contributed by atoms with E-state index in [1.54, 1.807) is 24.1 Å². The lowest BCUT2D eigenvalue weighted by Crippen LogP contribution is -2.54. The molecule has 3 N–H and O–H groups in total. The summed E-state index contributed by atoms with van der Waals surface area (Å²) in [7, 11) is 1.78. The van der Waals surface area contributed by atoms with Crippen molar-refractivity contribution in [2.24, 2.45) is 12.8 Å². The third-order valence-corrected chi connectivity index (χ3v) is 2.92. The monoisotopic (exact) mass is 244 g/mol. The fraction of sp³-hybridized carbons (Fsp3) is 0.600. The van der Waals surface area contributed by atoms with Gasteiger partial charge in [-0.05, 0) is 19.3 Å². The van der Waals surface area contributed by atoms with Gasteiger partial charge in [0.2, 0.25) is 0 Å². The molecule has 2 rings (SSSR count). The minimum atomic E-state index is -0.169. The van der Waals surface area contributed by atoms with Crippen molar-refractivity contribution in [3.05, 3.63) is 18.0 Å². The van der Waals surface area contributed by atoms with Gasteiger partial charge in [-0.1, -0.05) is 0 Å². The summed E-state index contributed by atoms with van der Waals surface area (Å²) in [5, 5.41) is 6.78. The van der Waals surface area contributed by atoms with Crippen LogP contribution in [0.2, 0.25) is 0 Å². The van der Waals surface area contributed by atoms with Crippen molar-refractivity contribution in [3.8, 4) is 0 Å². The number of hydrogen-bond acceptors (Lipinski definition) is 3. The molecule has 0 aliphatic heterocycles. The van der Waals surface area contributed by atoms with Crippen LogP contribution in [0, 0.1) is 0 Å². The molecule has 1 saturated carbocycles. The highest BCUT2D eigenvalue weighted by atomic mass is 35.5. The second-order valence-electron chi connectivity index (χ2n) is 4.30. The number of halogens is 1. The van der Waals surface area contributed by atoms with Crippen LogP contribution in [0.1, 0.15) is 29.6 Å². The fourth-order valence-corrected chi connectivity index (χ4v) is 1.70. The average molecular weight is 245 g/mol. The number of hydrogen-bond donors (Lipinski definition) is 2. The zero-order valence-electron chi connectivity index (χ0n) is 9.27.